The molecule has 0 saturated carbocycles. The molecule has 1 amide bonds. The van der Waals surface area contributed by atoms with E-state index in [0.29, 0.717) is 21.6 Å². The van der Waals surface area contributed by atoms with Crippen molar-refractivity contribution >= 4 is 40.8 Å². The topological polar surface area (TPSA) is 90.0 Å². The zero-order chi connectivity index (χ0) is 19.4. The van der Waals surface area contributed by atoms with E-state index in [4.69, 9.17) is 17.3 Å². The molecule has 0 radical (unpaired) electrons. The molecule has 1 aromatic heterocycles. The Balaban J connectivity index is 1.79. The van der Waals surface area contributed by atoms with Gasteiger partial charge in [-0.2, -0.15) is 4.98 Å². The molecule has 3 aromatic rings. The van der Waals surface area contributed by atoms with Crippen LogP contribution in [-0.4, -0.2) is 21.2 Å². The van der Waals surface area contributed by atoms with Gasteiger partial charge in [0, 0.05) is 22.5 Å². The largest absolute Gasteiger partial charge is 0.385 e. The number of amides is 1. The van der Waals surface area contributed by atoms with Crippen molar-refractivity contribution in [2.75, 3.05) is 16.8 Å². The summed E-state index contributed by atoms with van der Waals surface area (Å²) in [4.78, 5) is 28.0. The number of anilines is 2. The Hall–Kier alpha value is -2.77. The lowest BCUT2D eigenvalue weighted by Gasteiger charge is -2.14. The number of hydrogen-bond donors (Lipinski definition) is 2. The molecule has 3 rings (SSSR count). The third-order valence-electron chi connectivity index (χ3n) is 3.68. The predicted octanol–water partition coefficient (Wildman–Crippen LogP) is 3.51. The average molecular weight is 401 g/mol. The van der Waals surface area contributed by atoms with Gasteiger partial charge in [0.25, 0.3) is 5.56 Å². The number of carbonyl (C=O) groups excluding carboxylic acids is 1. The fourth-order valence-corrected chi connectivity index (χ4v) is 3.34. The smallest absolute Gasteiger partial charge is 0.275 e. The van der Waals surface area contributed by atoms with Gasteiger partial charge in [0.15, 0.2) is 5.16 Å². The first kappa shape index (κ1) is 19.0. The molecule has 0 fully saturated rings. The Morgan fingerprint density at radius 3 is 2.52 bits per heavy atom. The number of rotatable bonds is 5. The molecule has 8 heteroatoms. The van der Waals surface area contributed by atoms with Gasteiger partial charge in [-0.25, -0.2) is 0 Å². The Kier molecular flexibility index (Phi) is 5.83. The molecule has 0 unspecified atom stereocenters. The third-order valence-corrected chi connectivity index (χ3v) is 4.87. The molecule has 0 spiro atoms. The predicted molar refractivity (Wildman–Crippen MR) is 110 cm³/mol. The van der Waals surface area contributed by atoms with Crippen LogP contribution >= 0.6 is 23.4 Å². The van der Waals surface area contributed by atoms with Gasteiger partial charge >= 0.3 is 0 Å². The number of halogens is 1. The second kappa shape index (κ2) is 8.28. The molecule has 0 saturated heterocycles. The molecule has 0 aliphatic carbocycles. The first-order valence-corrected chi connectivity index (χ1v) is 9.43. The summed E-state index contributed by atoms with van der Waals surface area (Å²) in [6.07, 6.45) is 0. The minimum Gasteiger partial charge on any atom is -0.385 e. The van der Waals surface area contributed by atoms with E-state index in [-0.39, 0.29) is 17.5 Å². The van der Waals surface area contributed by atoms with Crippen LogP contribution in [0.4, 0.5) is 11.5 Å². The number of thioether (sulfide) groups is 1. The maximum atomic E-state index is 12.2. The summed E-state index contributed by atoms with van der Waals surface area (Å²) in [6.45, 7) is 1.98. The van der Waals surface area contributed by atoms with E-state index < -0.39 is 5.56 Å². The zero-order valence-corrected chi connectivity index (χ0v) is 16.1. The van der Waals surface area contributed by atoms with Crippen LogP contribution in [0.15, 0.2) is 64.5 Å². The Morgan fingerprint density at radius 2 is 1.85 bits per heavy atom. The maximum Gasteiger partial charge on any atom is 0.275 e. The highest BCUT2D eigenvalue weighted by Crippen LogP contribution is 2.23. The number of hydrogen-bond acceptors (Lipinski definition) is 5. The van der Waals surface area contributed by atoms with E-state index in [9.17, 15) is 9.59 Å². The number of nitrogen functional groups attached to an aromatic ring is 1. The molecule has 27 heavy (non-hydrogen) atoms. The van der Waals surface area contributed by atoms with Gasteiger partial charge in [0.05, 0.1) is 5.75 Å². The highest BCUT2D eigenvalue weighted by molar-refractivity contribution is 7.99. The van der Waals surface area contributed by atoms with Crippen LogP contribution in [0.2, 0.25) is 5.02 Å². The molecule has 0 aliphatic rings. The number of benzene rings is 2. The van der Waals surface area contributed by atoms with Gasteiger partial charge in [-0.15, -0.1) is 0 Å². The highest BCUT2D eigenvalue weighted by Gasteiger charge is 2.13. The van der Waals surface area contributed by atoms with Crippen LogP contribution in [0.3, 0.4) is 0 Å². The van der Waals surface area contributed by atoms with Crippen molar-refractivity contribution in [3.05, 3.63) is 75.5 Å². The van der Waals surface area contributed by atoms with Gasteiger partial charge in [-0.3, -0.25) is 14.2 Å². The molecular weight excluding hydrogens is 384 g/mol. The number of aryl methyl sites for hydroxylation is 1. The summed E-state index contributed by atoms with van der Waals surface area (Å²) in [5, 5.41) is 3.73. The number of nitrogens with zero attached hydrogens (tertiary/aromatic N) is 2. The lowest BCUT2D eigenvalue weighted by atomic mass is 10.2. The Labute approximate surface area is 165 Å². The molecule has 0 bridgehead atoms. The van der Waals surface area contributed by atoms with Gasteiger partial charge in [-0.05, 0) is 43.3 Å². The van der Waals surface area contributed by atoms with Crippen molar-refractivity contribution in [3.8, 4) is 5.69 Å². The summed E-state index contributed by atoms with van der Waals surface area (Å²) < 4.78 is 1.61. The van der Waals surface area contributed by atoms with Crippen LogP contribution in [0.5, 0.6) is 0 Å². The minimum atomic E-state index is -0.459. The average Bonchev–Trinajstić information content (AvgIpc) is 2.63. The summed E-state index contributed by atoms with van der Waals surface area (Å²) in [5.41, 5.74) is 8.07. The Morgan fingerprint density at radius 1 is 1.19 bits per heavy atom. The fourth-order valence-electron chi connectivity index (χ4n) is 2.39. The van der Waals surface area contributed by atoms with E-state index in [2.05, 4.69) is 10.3 Å². The van der Waals surface area contributed by atoms with E-state index in [1.54, 1.807) is 28.8 Å². The molecular formula is C19H17ClN4O2S. The highest BCUT2D eigenvalue weighted by atomic mass is 35.5. The first-order valence-electron chi connectivity index (χ1n) is 8.07. The minimum absolute atomic E-state index is 0.0807. The molecule has 6 nitrogen and oxygen atoms in total. The van der Waals surface area contributed by atoms with Gasteiger partial charge in [0.1, 0.15) is 5.82 Å². The van der Waals surface area contributed by atoms with E-state index in [1.165, 1.54) is 6.07 Å². The molecule has 0 aliphatic heterocycles. The normalized spacial score (nSPS) is 10.6. The molecule has 2 aromatic carbocycles. The van der Waals surface area contributed by atoms with Crippen LogP contribution < -0.4 is 16.6 Å². The van der Waals surface area contributed by atoms with Crippen molar-refractivity contribution in [1.29, 1.82) is 0 Å². The van der Waals surface area contributed by atoms with Crippen LogP contribution in [-0.2, 0) is 4.79 Å². The quantitative estimate of drug-likeness (QED) is 0.505. The fraction of sp³-hybridized carbons (Fsp3) is 0.105. The lowest BCUT2D eigenvalue weighted by molar-refractivity contribution is -0.113. The molecule has 1 heterocycles. The van der Waals surface area contributed by atoms with Crippen LogP contribution in [0.1, 0.15) is 5.56 Å². The number of nitrogens with two attached hydrogens (primary N) is 1. The summed E-state index contributed by atoms with van der Waals surface area (Å²) >= 11 is 7.06. The summed E-state index contributed by atoms with van der Waals surface area (Å²) in [5.74, 6) is 0.110. The summed E-state index contributed by atoms with van der Waals surface area (Å²) in [6, 6.07) is 15.7. The van der Waals surface area contributed by atoms with Crippen molar-refractivity contribution in [2.24, 2.45) is 0 Å². The Bertz CT molecular complexity index is 1020. The van der Waals surface area contributed by atoms with E-state index in [1.807, 2.05) is 31.2 Å². The number of aromatic nitrogens is 2. The van der Waals surface area contributed by atoms with Crippen molar-refractivity contribution in [1.82, 2.24) is 9.55 Å². The SMILES string of the molecule is Cc1ccc(NC(=O)CSc2nc(=O)cc(N)n2-c2ccc(Cl)cc2)cc1. The zero-order valence-electron chi connectivity index (χ0n) is 14.5. The van der Waals surface area contributed by atoms with Crippen molar-refractivity contribution < 1.29 is 4.79 Å². The van der Waals surface area contributed by atoms with Crippen molar-refractivity contribution in [2.45, 2.75) is 12.1 Å². The molecule has 0 atom stereocenters. The van der Waals surface area contributed by atoms with Gasteiger partial charge < -0.3 is 11.1 Å². The standard InChI is InChI=1S/C19H17ClN4O2S/c1-12-2-6-14(7-3-12)22-18(26)11-27-19-23-17(25)10-16(21)24(19)15-8-4-13(20)5-9-15/h2-10H,11,21H2,1H3,(H,22,26). The number of carbonyl (C=O) groups is 1. The molecule has 138 valence electrons. The van der Waals surface area contributed by atoms with Gasteiger partial charge in [-0.1, -0.05) is 41.1 Å². The first-order chi connectivity index (χ1) is 12.9. The van der Waals surface area contributed by atoms with E-state index in [0.717, 1.165) is 17.3 Å². The van der Waals surface area contributed by atoms with Crippen LogP contribution in [0, 0.1) is 6.92 Å². The second-order valence-corrected chi connectivity index (χ2v) is 7.20. The lowest BCUT2D eigenvalue weighted by Crippen LogP contribution is -2.19. The third kappa shape index (κ3) is 4.90. The number of nitrogens with one attached hydrogen (secondary N) is 1. The maximum absolute atomic E-state index is 12.2. The summed E-state index contributed by atoms with van der Waals surface area (Å²) in [7, 11) is 0. The van der Waals surface area contributed by atoms with Crippen LogP contribution in [0.25, 0.3) is 5.69 Å². The second-order valence-electron chi connectivity index (χ2n) is 5.82. The molecule has 3 N–H and O–H groups in total. The van der Waals surface area contributed by atoms with Gasteiger partial charge in [0.2, 0.25) is 5.91 Å². The van der Waals surface area contributed by atoms with Crippen molar-refractivity contribution in [3.63, 3.8) is 0 Å². The van der Waals surface area contributed by atoms with E-state index >= 15 is 0 Å². The monoisotopic (exact) mass is 400 g/mol.